The molecule has 0 aliphatic carbocycles. The Kier molecular flexibility index (Phi) is 4.45. The van der Waals surface area contributed by atoms with Crippen molar-refractivity contribution in [2.45, 2.75) is 13.3 Å². The summed E-state index contributed by atoms with van der Waals surface area (Å²) in [5.41, 5.74) is 6.36. The Hall–Kier alpha value is -1.62. The predicted octanol–water partition coefficient (Wildman–Crippen LogP) is 1.45. The first-order valence-electron chi connectivity index (χ1n) is 5.26. The maximum absolute atomic E-state index is 12.0. The summed E-state index contributed by atoms with van der Waals surface area (Å²) in [6.07, 6.45) is 0.476. The van der Waals surface area contributed by atoms with Gasteiger partial charge >= 0.3 is 0 Å². The van der Waals surface area contributed by atoms with Crippen LogP contribution in [-0.4, -0.2) is 34.5 Å². The van der Waals surface area contributed by atoms with Gasteiger partial charge in [0.1, 0.15) is 5.75 Å². The van der Waals surface area contributed by atoms with Crippen molar-refractivity contribution in [2.75, 3.05) is 13.6 Å². The molecule has 1 aromatic rings. The Morgan fingerprint density at radius 3 is 2.76 bits per heavy atom. The van der Waals surface area contributed by atoms with E-state index in [2.05, 4.69) is 0 Å². The Balaban J connectivity index is 2.82. The second-order valence-corrected chi connectivity index (χ2v) is 4.44. The molecule has 0 saturated carbocycles. The maximum atomic E-state index is 12.0. The van der Waals surface area contributed by atoms with E-state index in [0.717, 1.165) is 0 Å². The standard InChI is InChI=1S/C12H16N2O2S/c1-8-4-3-5-9(11(8)15)12(16)14(2)7-6-10(13)17/h3-5,15H,6-7H2,1-2H3,(H2,13,17). The van der Waals surface area contributed by atoms with Crippen LogP contribution in [0.2, 0.25) is 0 Å². The van der Waals surface area contributed by atoms with Crippen molar-refractivity contribution in [2.24, 2.45) is 5.73 Å². The number of carbonyl (C=O) groups is 1. The number of para-hydroxylation sites is 1. The third-order valence-corrected chi connectivity index (χ3v) is 2.71. The molecule has 1 amide bonds. The highest BCUT2D eigenvalue weighted by Gasteiger charge is 2.16. The second-order valence-electron chi connectivity index (χ2n) is 3.91. The van der Waals surface area contributed by atoms with Crippen molar-refractivity contribution in [1.29, 1.82) is 0 Å². The molecule has 0 unspecified atom stereocenters. The minimum Gasteiger partial charge on any atom is -0.507 e. The number of nitrogens with zero attached hydrogens (tertiary/aromatic N) is 1. The molecule has 4 nitrogen and oxygen atoms in total. The number of benzene rings is 1. The molecular formula is C12H16N2O2S. The van der Waals surface area contributed by atoms with E-state index in [1.807, 2.05) is 0 Å². The smallest absolute Gasteiger partial charge is 0.257 e. The number of aromatic hydroxyl groups is 1. The van der Waals surface area contributed by atoms with Gasteiger partial charge in [-0.25, -0.2) is 0 Å². The molecule has 0 fully saturated rings. The average molecular weight is 252 g/mol. The van der Waals surface area contributed by atoms with Gasteiger partial charge < -0.3 is 15.7 Å². The molecule has 0 radical (unpaired) electrons. The van der Waals surface area contributed by atoms with Gasteiger partial charge in [0, 0.05) is 20.0 Å². The van der Waals surface area contributed by atoms with Crippen molar-refractivity contribution in [3.05, 3.63) is 29.3 Å². The predicted molar refractivity (Wildman–Crippen MR) is 71.2 cm³/mol. The molecule has 1 rings (SSSR count). The molecule has 0 aromatic heterocycles. The van der Waals surface area contributed by atoms with Crippen molar-refractivity contribution < 1.29 is 9.90 Å². The van der Waals surface area contributed by atoms with Crippen LogP contribution in [0, 0.1) is 6.92 Å². The molecule has 0 bridgehead atoms. The molecule has 5 heteroatoms. The van der Waals surface area contributed by atoms with E-state index >= 15 is 0 Å². The van der Waals surface area contributed by atoms with E-state index in [1.54, 1.807) is 32.2 Å². The van der Waals surface area contributed by atoms with Gasteiger partial charge in [-0.1, -0.05) is 24.4 Å². The van der Waals surface area contributed by atoms with Gasteiger partial charge in [-0.2, -0.15) is 0 Å². The van der Waals surface area contributed by atoms with Crippen LogP contribution in [0.4, 0.5) is 0 Å². The molecule has 0 aliphatic rings. The highest BCUT2D eigenvalue weighted by Crippen LogP contribution is 2.22. The lowest BCUT2D eigenvalue weighted by Crippen LogP contribution is -2.30. The molecule has 0 aliphatic heterocycles. The molecule has 17 heavy (non-hydrogen) atoms. The number of amides is 1. The number of phenolic OH excluding ortho intramolecular Hbond substituents is 1. The molecule has 3 N–H and O–H groups in total. The van der Waals surface area contributed by atoms with Crippen LogP contribution in [0.3, 0.4) is 0 Å². The van der Waals surface area contributed by atoms with Gasteiger partial charge in [0.25, 0.3) is 5.91 Å². The summed E-state index contributed by atoms with van der Waals surface area (Å²) < 4.78 is 0. The van der Waals surface area contributed by atoms with E-state index < -0.39 is 0 Å². The largest absolute Gasteiger partial charge is 0.507 e. The monoisotopic (exact) mass is 252 g/mol. The molecule has 0 atom stereocenters. The van der Waals surface area contributed by atoms with E-state index in [0.29, 0.717) is 29.1 Å². The average Bonchev–Trinajstić information content (AvgIpc) is 2.28. The van der Waals surface area contributed by atoms with Crippen LogP contribution in [-0.2, 0) is 0 Å². The van der Waals surface area contributed by atoms with Crippen molar-refractivity contribution >= 4 is 23.1 Å². The van der Waals surface area contributed by atoms with Gasteiger partial charge in [0.15, 0.2) is 0 Å². The molecule has 0 saturated heterocycles. The molecule has 1 aromatic carbocycles. The van der Waals surface area contributed by atoms with E-state index in [9.17, 15) is 9.90 Å². The summed E-state index contributed by atoms with van der Waals surface area (Å²) in [5, 5.41) is 9.80. The topological polar surface area (TPSA) is 66.6 Å². The Morgan fingerprint density at radius 2 is 2.18 bits per heavy atom. The summed E-state index contributed by atoms with van der Waals surface area (Å²) in [5.74, 6) is -0.206. The van der Waals surface area contributed by atoms with Crippen LogP contribution in [0.1, 0.15) is 22.3 Å². The molecule has 92 valence electrons. The number of hydrogen-bond donors (Lipinski definition) is 2. The summed E-state index contributed by atoms with van der Waals surface area (Å²) in [6, 6.07) is 5.09. The number of rotatable bonds is 4. The van der Waals surface area contributed by atoms with Crippen molar-refractivity contribution in [3.8, 4) is 5.75 Å². The van der Waals surface area contributed by atoms with Crippen LogP contribution in [0.25, 0.3) is 0 Å². The quantitative estimate of drug-likeness (QED) is 0.796. The van der Waals surface area contributed by atoms with Gasteiger partial charge in [0.05, 0.1) is 10.6 Å². The van der Waals surface area contributed by atoms with Crippen LogP contribution in [0.15, 0.2) is 18.2 Å². The summed E-state index contributed by atoms with van der Waals surface area (Å²) >= 11 is 4.75. The van der Waals surface area contributed by atoms with E-state index in [4.69, 9.17) is 18.0 Å². The minimum atomic E-state index is -0.234. The molecule has 0 spiro atoms. The van der Waals surface area contributed by atoms with Gasteiger partial charge in [0.2, 0.25) is 0 Å². The zero-order chi connectivity index (χ0) is 13.0. The maximum Gasteiger partial charge on any atom is 0.257 e. The number of aryl methyl sites for hydroxylation is 1. The minimum absolute atomic E-state index is 0.0275. The zero-order valence-corrected chi connectivity index (χ0v) is 10.8. The van der Waals surface area contributed by atoms with E-state index in [1.165, 1.54) is 4.90 Å². The first kappa shape index (κ1) is 13.4. The molecule has 0 heterocycles. The fourth-order valence-electron chi connectivity index (χ4n) is 1.42. The highest BCUT2D eigenvalue weighted by atomic mass is 32.1. The Labute approximate surface area is 106 Å². The SMILES string of the molecule is Cc1cccc(C(=O)N(C)CCC(N)=S)c1O. The Morgan fingerprint density at radius 1 is 1.53 bits per heavy atom. The summed E-state index contributed by atoms with van der Waals surface area (Å²) in [7, 11) is 1.66. The van der Waals surface area contributed by atoms with Gasteiger partial charge in [-0.15, -0.1) is 0 Å². The van der Waals surface area contributed by atoms with Crippen molar-refractivity contribution in [1.82, 2.24) is 4.90 Å². The van der Waals surface area contributed by atoms with Gasteiger partial charge in [-0.05, 0) is 18.6 Å². The lowest BCUT2D eigenvalue weighted by Gasteiger charge is -2.17. The Bertz CT molecular complexity index is 446. The normalized spacial score (nSPS) is 10.0. The second kappa shape index (κ2) is 5.63. The van der Waals surface area contributed by atoms with Crippen LogP contribution < -0.4 is 5.73 Å². The van der Waals surface area contributed by atoms with Gasteiger partial charge in [-0.3, -0.25) is 4.79 Å². The summed E-state index contributed by atoms with van der Waals surface area (Å²) in [4.78, 5) is 13.9. The number of thiocarbonyl (C=S) groups is 1. The fraction of sp³-hybridized carbons (Fsp3) is 0.333. The number of carbonyl (C=O) groups excluding carboxylic acids is 1. The third kappa shape index (κ3) is 3.42. The zero-order valence-electron chi connectivity index (χ0n) is 9.93. The van der Waals surface area contributed by atoms with Crippen LogP contribution >= 0.6 is 12.2 Å². The number of nitrogens with two attached hydrogens (primary N) is 1. The number of hydrogen-bond acceptors (Lipinski definition) is 3. The van der Waals surface area contributed by atoms with Crippen molar-refractivity contribution in [3.63, 3.8) is 0 Å². The first-order valence-corrected chi connectivity index (χ1v) is 5.66. The fourth-order valence-corrected chi connectivity index (χ4v) is 1.51. The number of phenols is 1. The summed E-state index contributed by atoms with van der Waals surface area (Å²) in [6.45, 7) is 2.20. The third-order valence-electron chi connectivity index (χ3n) is 2.51. The first-order chi connectivity index (χ1) is 7.93. The van der Waals surface area contributed by atoms with E-state index in [-0.39, 0.29) is 11.7 Å². The lowest BCUT2D eigenvalue weighted by atomic mass is 10.1. The highest BCUT2D eigenvalue weighted by molar-refractivity contribution is 7.80. The molecular weight excluding hydrogens is 236 g/mol. The van der Waals surface area contributed by atoms with Crippen LogP contribution in [0.5, 0.6) is 5.75 Å². The lowest BCUT2D eigenvalue weighted by molar-refractivity contribution is 0.0796.